The van der Waals surface area contributed by atoms with E-state index in [4.69, 9.17) is 6.42 Å². The van der Waals surface area contributed by atoms with Gasteiger partial charge in [0.05, 0.1) is 24.0 Å². The Labute approximate surface area is 119 Å². The molecule has 0 aliphatic heterocycles. The van der Waals surface area contributed by atoms with Crippen LogP contribution in [0.1, 0.15) is 20.0 Å². The number of nitrogens with zero attached hydrogens (tertiary/aromatic N) is 2. The molecule has 0 saturated carbocycles. The number of aromatic nitrogens is 2. The van der Waals surface area contributed by atoms with Gasteiger partial charge in [-0.15, -0.1) is 11.5 Å². The van der Waals surface area contributed by atoms with Gasteiger partial charge in [-0.2, -0.15) is 0 Å². The fraction of sp³-hybridized carbons (Fsp3) is 0.0769. The monoisotopic (exact) mass is 286 g/mol. The number of carbonyl (C=O) groups excluding carboxylic acids is 2. The summed E-state index contributed by atoms with van der Waals surface area (Å²) in [5.41, 5.74) is 0.744. The molecule has 0 aliphatic carbocycles. The van der Waals surface area contributed by atoms with E-state index >= 15 is 0 Å². The number of nitrogens with one attached hydrogen (secondary N) is 2. The number of rotatable bonds is 4. The van der Waals surface area contributed by atoms with Crippen LogP contribution in [0.25, 0.3) is 0 Å². The fourth-order valence-corrected chi connectivity index (χ4v) is 1.88. The largest absolute Gasteiger partial charge is 0.341 e. The molecule has 1 aromatic heterocycles. The first kappa shape index (κ1) is 13.7. The highest BCUT2D eigenvalue weighted by Gasteiger charge is 2.14. The summed E-state index contributed by atoms with van der Waals surface area (Å²) in [6.45, 7) is 0.125. The molecule has 0 unspecified atom stereocenters. The third-order valence-electron chi connectivity index (χ3n) is 2.36. The molecule has 0 radical (unpaired) electrons. The Morgan fingerprint density at radius 2 is 2.10 bits per heavy atom. The van der Waals surface area contributed by atoms with Crippen LogP contribution in [0.15, 0.2) is 30.5 Å². The van der Waals surface area contributed by atoms with E-state index < -0.39 is 0 Å². The smallest absolute Gasteiger partial charge is 0.269 e. The van der Waals surface area contributed by atoms with Crippen LogP contribution in [-0.4, -0.2) is 27.9 Å². The molecule has 0 bridgehead atoms. The zero-order chi connectivity index (χ0) is 14.4. The summed E-state index contributed by atoms with van der Waals surface area (Å²) < 4.78 is 3.61. The zero-order valence-corrected chi connectivity index (χ0v) is 11.1. The highest BCUT2D eigenvalue weighted by atomic mass is 32.1. The maximum Gasteiger partial charge on any atom is 0.269 e. The highest BCUT2D eigenvalue weighted by molar-refractivity contribution is 7.07. The normalized spacial score (nSPS) is 9.55. The first-order valence-electron chi connectivity index (χ1n) is 5.61. The summed E-state index contributed by atoms with van der Waals surface area (Å²) in [5, 5.41) is 8.79. The van der Waals surface area contributed by atoms with E-state index in [9.17, 15) is 9.59 Å². The first-order chi connectivity index (χ1) is 9.72. The number of carbonyl (C=O) groups is 2. The summed E-state index contributed by atoms with van der Waals surface area (Å²) >= 11 is 0.978. The predicted molar refractivity (Wildman–Crippen MR) is 75.5 cm³/mol. The Kier molecular flexibility index (Phi) is 4.42. The van der Waals surface area contributed by atoms with Crippen molar-refractivity contribution < 1.29 is 9.59 Å². The maximum atomic E-state index is 11.9. The molecule has 0 saturated heterocycles. The quantitative estimate of drug-likeness (QED) is 0.826. The first-order valence-corrected chi connectivity index (χ1v) is 6.39. The molecule has 0 atom stereocenters. The third-order valence-corrected chi connectivity index (χ3v) is 3.02. The molecule has 1 aromatic carbocycles. The van der Waals surface area contributed by atoms with Gasteiger partial charge in [-0.1, -0.05) is 22.5 Å². The van der Waals surface area contributed by atoms with Gasteiger partial charge >= 0.3 is 0 Å². The summed E-state index contributed by atoms with van der Waals surface area (Å²) in [4.78, 5) is 24.2. The topological polar surface area (TPSA) is 84.0 Å². The molecule has 20 heavy (non-hydrogen) atoms. The number of hydrogen-bond donors (Lipinski definition) is 2. The van der Waals surface area contributed by atoms with E-state index in [0.717, 1.165) is 11.5 Å². The van der Waals surface area contributed by atoms with Crippen molar-refractivity contribution in [2.45, 2.75) is 0 Å². The van der Waals surface area contributed by atoms with Gasteiger partial charge in [0.15, 0.2) is 0 Å². The minimum absolute atomic E-state index is 0.125. The molecule has 2 aromatic rings. The van der Waals surface area contributed by atoms with Crippen LogP contribution >= 0.6 is 11.5 Å². The second-order valence-electron chi connectivity index (χ2n) is 3.67. The van der Waals surface area contributed by atoms with E-state index in [2.05, 4.69) is 26.1 Å². The van der Waals surface area contributed by atoms with Crippen molar-refractivity contribution in [1.29, 1.82) is 0 Å². The summed E-state index contributed by atoms with van der Waals surface area (Å²) in [5.74, 6) is 1.61. The van der Waals surface area contributed by atoms with Gasteiger partial charge in [-0.3, -0.25) is 9.59 Å². The molecule has 2 rings (SSSR count). The number of anilines is 1. The lowest BCUT2D eigenvalue weighted by atomic mass is 10.1. The van der Waals surface area contributed by atoms with E-state index in [1.54, 1.807) is 24.3 Å². The lowest BCUT2D eigenvalue weighted by Crippen LogP contribution is -2.25. The van der Waals surface area contributed by atoms with E-state index in [1.807, 2.05) is 0 Å². The fourth-order valence-electron chi connectivity index (χ4n) is 1.47. The average Bonchev–Trinajstić information content (AvgIpc) is 2.99. The van der Waals surface area contributed by atoms with Crippen molar-refractivity contribution in [3.05, 3.63) is 40.9 Å². The number of amides is 2. The van der Waals surface area contributed by atoms with Gasteiger partial charge in [-0.25, -0.2) is 0 Å². The minimum atomic E-state index is -0.364. The lowest BCUT2D eigenvalue weighted by molar-refractivity contribution is 0.0959. The van der Waals surface area contributed by atoms with Gasteiger partial charge in [-0.05, 0) is 23.7 Å². The Hall–Kier alpha value is -2.72. The van der Waals surface area contributed by atoms with Crippen LogP contribution in [0.4, 0.5) is 5.69 Å². The van der Waals surface area contributed by atoms with E-state index in [1.165, 1.54) is 6.20 Å². The molecule has 2 N–H and O–H groups in total. The van der Waals surface area contributed by atoms with Crippen molar-refractivity contribution in [3.63, 3.8) is 0 Å². The van der Waals surface area contributed by atoms with Crippen molar-refractivity contribution >= 4 is 29.0 Å². The zero-order valence-electron chi connectivity index (χ0n) is 10.3. The molecule has 0 aliphatic rings. The Balaban J connectivity index is 2.18. The van der Waals surface area contributed by atoms with Crippen LogP contribution in [0.5, 0.6) is 0 Å². The SMILES string of the molecule is C#CCNC(=O)c1ccccc1NC(=O)c1cnns1. The number of para-hydroxylation sites is 1. The predicted octanol–water partition coefficient (Wildman–Crippen LogP) is 1.15. The van der Waals surface area contributed by atoms with Crippen LogP contribution in [-0.2, 0) is 0 Å². The minimum Gasteiger partial charge on any atom is -0.341 e. The summed E-state index contributed by atoms with van der Waals surface area (Å²) in [7, 11) is 0. The Morgan fingerprint density at radius 3 is 2.80 bits per heavy atom. The van der Waals surface area contributed by atoms with Crippen molar-refractivity contribution in [3.8, 4) is 12.3 Å². The van der Waals surface area contributed by atoms with Gasteiger partial charge in [0.25, 0.3) is 11.8 Å². The Bertz CT molecular complexity index is 661. The third kappa shape index (κ3) is 3.18. The second kappa shape index (κ2) is 6.45. The molecule has 6 nitrogen and oxygen atoms in total. The molecule has 0 fully saturated rings. The van der Waals surface area contributed by atoms with Crippen LogP contribution in [0, 0.1) is 12.3 Å². The molecular weight excluding hydrogens is 276 g/mol. The number of benzene rings is 1. The van der Waals surface area contributed by atoms with Crippen molar-refractivity contribution in [2.75, 3.05) is 11.9 Å². The molecular formula is C13H10N4O2S. The van der Waals surface area contributed by atoms with Gasteiger partial charge in [0.2, 0.25) is 0 Å². The van der Waals surface area contributed by atoms with Crippen molar-refractivity contribution in [1.82, 2.24) is 14.9 Å². The lowest BCUT2D eigenvalue weighted by Gasteiger charge is -2.09. The van der Waals surface area contributed by atoms with Gasteiger partial charge in [0, 0.05) is 0 Å². The van der Waals surface area contributed by atoms with Crippen molar-refractivity contribution in [2.24, 2.45) is 0 Å². The number of hydrogen-bond acceptors (Lipinski definition) is 5. The molecule has 0 spiro atoms. The van der Waals surface area contributed by atoms with Crippen LogP contribution in [0.2, 0.25) is 0 Å². The summed E-state index contributed by atoms with van der Waals surface area (Å²) in [6, 6.07) is 6.66. The standard InChI is InChI=1S/C13H10N4O2S/c1-2-7-14-12(18)9-5-3-4-6-10(9)16-13(19)11-8-15-17-20-11/h1,3-6,8H,7H2,(H,14,18)(H,16,19). The average molecular weight is 286 g/mol. The van der Waals surface area contributed by atoms with Gasteiger partial charge < -0.3 is 10.6 Å². The molecule has 7 heteroatoms. The van der Waals surface area contributed by atoms with Crippen LogP contribution < -0.4 is 10.6 Å². The highest BCUT2D eigenvalue weighted by Crippen LogP contribution is 2.16. The molecule has 2 amide bonds. The van der Waals surface area contributed by atoms with Crippen LogP contribution in [0.3, 0.4) is 0 Å². The second-order valence-corrected chi connectivity index (χ2v) is 4.45. The maximum absolute atomic E-state index is 11.9. The summed E-state index contributed by atoms with van der Waals surface area (Å²) in [6.07, 6.45) is 6.45. The number of terminal acetylenes is 1. The van der Waals surface area contributed by atoms with Gasteiger partial charge in [0.1, 0.15) is 4.88 Å². The Morgan fingerprint density at radius 1 is 1.30 bits per heavy atom. The molecule has 1 heterocycles. The van der Waals surface area contributed by atoms with E-state index in [0.29, 0.717) is 16.1 Å². The molecule has 100 valence electrons. The van der Waals surface area contributed by atoms with E-state index in [-0.39, 0.29) is 18.4 Å².